The van der Waals surface area contributed by atoms with E-state index in [2.05, 4.69) is 5.32 Å². The maximum atomic E-state index is 12.6. The Balaban J connectivity index is 0.000000461. The van der Waals surface area contributed by atoms with Crippen LogP contribution in [0, 0.1) is 5.92 Å². The fourth-order valence-corrected chi connectivity index (χ4v) is 1.08. The van der Waals surface area contributed by atoms with Crippen molar-refractivity contribution >= 4 is 0 Å². The average molecular weight is 163 g/mol. The second kappa shape index (κ2) is 6.55. The average Bonchev–Trinajstić information content (AvgIpc) is 2.09. The van der Waals surface area contributed by atoms with E-state index in [0.29, 0.717) is 6.54 Å². The largest absolute Gasteiger partial charge is 0.396 e. The summed E-state index contributed by atoms with van der Waals surface area (Å²) in [4.78, 5) is 0. The zero-order valence-corrected chi connectivity index (χ0v) is 7.31. The van der Waals surface area contributed by atoms with Gasteiger partial charge in [-0.3, -0.25) is 0 Å². The quantitative estimate of drug-likeness (QED) is 0.603. The summed E-state index contributed by atoms with van der Waals surface area (Å²) < 4.78 is 12.6. The van der Waals surface area contributed by atoms with E-state index in [-0.39, 0.29) is 12.5 Å². The highest BCUT2D eigenvalue weighted by molar-refractivity contribution is 4.76. The third-order valence-electron chi connectivity index (χ3n) is 1.78. The first kappa shape index (κ1) is 10.8. The number of piperidine rings is 1. The fraction of sp³-hybridized carbons (Fsp3) is 1.00. The third-order valence-corrected chi connectivity index (χ3v) is 1.78. The van der Waals surface area contributed by atoms with Gasteiger partial charge in [-0.2, -0.15) is 0 Å². The molecule has 0 radical (unpaired) electrons. The molecule has 1 aliphatic heterocycles. The van der Waals surface area contributed by atoms with Crippen molar-refractivity contribution in [2.45, 2.75) is 26.4 Å². The van der Waals surface area contributed by atoms with Crippen molar-refractivity contribution in [3.05, 3.63) is 0 Å². The summed E-state index contributed by atoms with van der Waals surface area (Å²) in [6, 6.07) is 0. The van der Waals surface area contributed by atoms with Crippen LogP contribution in [0.15, 0.2) is 0 Å². The van der Waals surface area contributed by atoms with Gasteiger partial charge >= 0.3 is 0 Å². The molecule has 0 aromatic carbocycles. The van der Waals surface area contributed by atoms with E-state index >= 15 is 0 Å². The topological polar surface area (TPSA) is 32.3 Å². The molecule has 0 aromatic rings. The van der Waals surface area contributed by atoms with Crippen molar-refractivity contribution < 1.29 is 9.50 Å². The van der Waals surface area contributed by atoms with Gasteiger partial charge in [-0.25, -0.2) is 4.39 Å². The minimum Gasteiger partial charge on any atom is -0.396 e. The molecule has 11 heavy (non-hydrogen) atoms. The van der Waals surface area contributed by atoms with E-state index in [9.17, 15) is 4.39 Å². The SMILES string of the molecule is CC.OCC1CCNCC1F. The van der Waals surface area contributed by atoms with Gasteiger partial charge in [0.05, 0.1) is 0 Å². The van der Waals surface area contributed by atoms with Crippen LogP contribution in [-0.2, 0) is 0 Å². The second-order valence-electron chi connectivity index (χ2n) is 2.45. The van der Waals surface area contributed by atoms with Crippen LogP contribution in [0.2, 0.25) is 0 Å². The highest BCUT2D eigenvalue weighted by Crippen LogP contribution is 2.13. The molecule has 1 aliphatic rings. The zero-order valence-electron chi connectivity index (χ0n) is 7.31. The number of aliphatic hydroxyl groups is 1. The summed E-state index contributed by atoms with van der Waals surface area (Å²) >= 11 is 0. The second-order valence-corrected chi connectivity index (χ2v) is 2.45. The Morgan fingerprint density at radius 3 is 2.55 bits per heavy atom. The van der Waals surface area contributed by atoms with E-state index in [0.717, 1.165) is 13.0 Å². The summed E-state index contributed by atoms with van der Waals surface area (Å²) in [7, 11) is 0. The molecule has 3 heteroatoms. The summed E-state index contributed by atoms with van der Waals surface area (Å²) in [6.07, 6.45) is -0.0822. The van der Waals surface area contributed by atoms with E-state index < -0.39 is 6.17 Å². The van der Waals surface area contributed by atoms with Crippen molar-refractivity contribution in [1.82, 2.24) is 5.32 Å². The molecule has 0 saturated carbocycles. The molecule has 2 unspecified atom stereocenters. The van der Waals surface area contributed by atoms with Crippen molar-refractivity contribution in [3.8, 4) is 0 Å². The van der Waals surface area contributed by atoms with Crippen LogP contribution < -0.4 is 5.32 Å². The molecular formula is C8H18FNO. The van der Waals surface area contributed by atoms with Crippen LogP contribution in [0.1, 0.15) is 20.3 Å². The molecule has 0 aliphatic carbocycles. The first-order valence-corrected chi connectivity index (χ1v) is 4.30. The van der Waals surface area contributed by atoms with Crippen LogP contribution >= 0.6 is 0 Å². The van der Waals surface area contributed by atoms with Gasteiger partial charge in [0.15, 0.2) is 0 Å². The monoisotopic (exact) mass is 163 g/mol. The molecule has 0 spiro atoms. The van der Waals surface area contributed by atoms with E-state index in [1.807, 2.05) is 13.8 Å². The van der Waals surface area contributed by atoms with Crippen molar-refractivity contribution in [2.75, 3.05) is 19.7 Å². The first-order chi connectivity index (χ1) is 5.34. The molecule has 0 aromatic heterocycles. The van der Waals surface area contributed by atoms with Gasteiger partial charge in [-0.15, -0.1) is 0 Å². The molecule has 0 amide bonds. The summed E-state index contributed by atoms with van der Waals surface area (Å²) in [5.41, 5.74) is 0. The Bertz CT molecular complexity index is 90.2. The van der Waals surface area contributed by atoms with Crippen molar-refractivity contribution in [1.29, 1.82) is 0 Å². The smallest absolute Gasteiger partial charge is 0.118 e. The Morgan fingerprint density at radius 2 is 2.18 bits per heavy atom. The Labute approximate surface area is 67.8 Å². The number of halogens is 1. The molecule has 68 valence electrons. The Morgan fingerprint density at radius 1 is 1.55 bits per heavy atom. The standard InChI is InChI=1S/C6H12FNO.C2H6/c7-6-3-8-2-1-5(6)4-9;1-2/h5-6,8-9H,1-4H2;1-2H3. The minimum absolute atomic E-state index is 0.0111. The van der Waals surface area contributed by atoms with Gasteiger partial charge in [0.2, 0.25) is 0 Å². The predicted molar refractivity (Wildman–Crippen MR) is 44.3 cm³/mol. The van der Waals surface area contributed by atoms with Crippen LogP contribution in [0.4, 0.5) is 4.39 Å². The zero-order chi connectivity index (χ0) is 8.69. The Hall–Kier alpha value is -0.150. The number of hydrogen-bond acceptors (Lipinski definition) is 2. The molecule has 1 heterocycles. The van der Waals surface area contributed by atoms with Gasteiger partial charge in [-0.05, 0) is 13.0 Å². The first-order valence-electron chi connectivity index (χ1n) is 4.30. The summed E-state index contributed by atoms with van der Waals surface area (Å²) in [5, 5.41) is 11.5. The molecular weight excluding hydrogens is 145 g/mol. The molecule has 1 saturated heterocycles. The lowest BCUT2D eigenvalue weighted by Crippen LogP contribution is -2.39. The fourth-order valence-electron chi connectivity index (χ4n) is 1.08. The highest BCUT2D eigenvalue weighted by atomic mass is 19.1. The summed E-state index contributed by atoms with van der Waals surface area (Å²) in [6.45, 7) is 5.24. The van der Waals surface area contributed by atoms with Crippen LogP contribution in [0.3, 0.4) is 0 Å². The van der Waals surface area contributed by atoms with Crippen LogP contribution in [0.5, 0.6) is 0 Å². The van der Waals surface area contributed by atoms with Gasteiger partial charge in [0.25, 0.3) is 0 Å². The maximum Gasteiger partial charge on any atom is 0.118 e. The maximum absolute atomic E-state index is 12.6. The molecule has 2 atom stereocenters. The van der Waals surface area contributed by atoms with Crippen molar-refractivity contribution in [3.63, 3.8) is 0 Å². The van der Waals surface area contributed by atoms with Gasteiger partial charge in [-0.1, -0.05) is 13.8 Å². The van der Waals surface area contributed by atoms with Crippen LogP contribution in [-0.4, -0.2) is 31.0 Å². The van der Waals surface area contributed by atoms with Crippen molar-refractivity contribution in [2.24, 2.45) is 5.92 Å². The van der Waals surface area contributed by atoms with Gasteiger partial charge in [0, 0.05) is 19.1 Å². The molecule has 0 bridgehead atoms. The Kier molecular flexibility index (Phi) is 6.46. The normalized spacial score (nSPS) is 30.5. The number of alkyl halides is 1. The van der Waals surface area contributed by atoms with E-state index in [1.54, 1.807) is 0 Å². The minimum atomic E-state index is -0.844. The highest BCUT2D eigenvalue weighted by Gasteiger charge is 2.22. The molecule has 1 rings (SSSR count). The number of nitrogens with one attached hydrogen (secondary N) is 1. The van der Waals surface area contributed by atoms with Gasteiger partial charge in [0.1, 0.15) is 6.17 Å². The lowest BCUT2D eigenvalue weighted by molar-refractivity contribution is 0.111. The van der Waals surface area contributed by atoms with Gasteiger partial charge < -0.3 is 10.4 Å². The molecule has 1 fully saturated rings. The number of aliphatic hydroxyl groups excluding tert-OH is 1. The number of rotatable bonds is 1. The number of hydrogen-bond donors (Lipinski definition) is 2. The lowest BCUT2D eigenvalue weighted by atomic mass is 9.97. The van der Waals surface area contributed by atoms with E-state index in [1.165, 1.54) is 0 Å². The molecule has 2 N–H and O–H groups in total. The summed E-state index contributed by atoms with van der Waals surface area (Å²) in [5.74, 6) is -0.119. The van der Waals surface area contributed by atoms with E-state index in [4.69, 9.17) is 5.11 Å². The predicted octanol–water partition coefficient (Wildman–Crippen LogP) is 0.952. The third kappa shape index (κ3) is 3.68. The lowest BCUT2D eigenvalue weighted by Gasteiger charge is -2.24. The molecule has 2 nitrogen and oxygen atoms in total. The van der Waals surface area contributed by atoms with Crippen LogP contribution in [0.25, 0.3) is 0 Å².